The molecular formula is C14H14ClFN2O. The summed E-state index contributed by atoms with van der Waals surface area (Å²) >= 11 is 0. The van der Waals surface area contributed by atoms with Crippen molar-refractivity contribution in [2.75, 3.05) is 0 Å². The number of amidine groups is 1. The molecule has 0 fully saturated rings. The number of rotatable bonds is 3. The Bertz CT molecular complexity index is 559. The zero-order valence-electron chi connectivity index (χ0n) is 10.0. The van der Waals surface area contributed by atoms with Crippen LogP contribution in [-0.2, 0) is 5.60 Å². The van der Waals surface area contributed by atoms with E-state index in [2.05, 4.69) is 0 Å². The Hall–Kier alpha value is -1.91. The Morgan fingerprint density at radius 1 is 1.00 bits per heavy atom. The van der Waals surface area contributed by atoms with Crippen molar-refractivity contribution >= 4 is 18.2 Å². The maximum atomic E-state index is 12.9. The summed E-state index contributed by atoms with van der Waals surface area (Å²) in [6.45, 7) is 0. The van der Waals surface area contributed by atoms with E-state index in [4.69, 9.17) is 11.1 Å². The predicted octanol–water partition coefficient (Wildman–Crippen LogP) is 2.42. The molecule has 3 nitrogen and oxygen atoms in total. The molecule has 0 aliphatic carbocycles. The van der Waals surface area contributed by atoms with Gasteiger partial charge in [-0.1, -0.05) is 42.5 Å². The Morgan fingerprint density at radius 2 is 1.47 bits per heavy atom. The van der Waals surface area contributed by atoms with E-state index in [1.807, 2.05) is 0 Å². The van der Waals surface area contributed by atoms with Gasteiger partial charge in [0.05, 0.1) is 0 Å². The highest BCUT2D eigenvalue weighted by Crippen LogP contribution is 2.29. The Labute approximate surface area is 116 Å². The molecule has 100 valence electrons. The standard InChI is InChI=1S/C14H13FN2O.ClH/c15-12-8-6-11(7-9-12)14(18,13(16)17)10-4-2-1-3-5-10;/h1-9,18H,(H3,16,17);1H. The molecule has 0 aromatic heterocycles. The third-order valence-corrected chi connectivity index (χ3v) is 2.84. The summed E-state index contributed by atoms with van der Waals surface area (Å²) in [5, 5.41) is 18.3. The second-order valence-corrected chi connectivity index (χ2v) is 4.00. The second kappa shape index (κ2) is 5.82. The van der Waals surface area contributed by atoms with Crippen molar-refractivity contribution in [1.82, 2.24) is 0 Å². The number of nitrogens with two attached hydrogens (primary N) is 1. The van der Waals surface area contributed by atoms with Crippen molar-refractivity contribution in [3.63, 3.8) is 0 Å². The van der Waals surface area contributed by atoms with E-state index >= 15 is 0 Å². The fourth-order valence-corrected chi connectivity index (χ4v) is 1.85. The van der Waals surface area contributed by atoms with Crippen molar-refractivity contribution in [2.24, 2.45) is 5.73 Å². The van der Waals surface area contributed by atoms with Crippen LogP contribution in [-0.4, -0.2) is 10.9 Å². The molecule has 0 saturated heterocycles. The van der Waals surface area contributed by atoms with Crippen LogP contribution in [0.3, 0.4) is 0 Å². The molecule has 2 aromatic carbocycles. The molecule has 19 heavy (non-hydrogen) atoms. The molecule has 2 aromatic rings. The number of hydrogen-bond acceptors (Lipinski definition) is 2. The van der Waals surface area contributed by atoms with Crippen LogP contribution in [0.5, 0.6) is 0 Å². The molecule has 0 radical (unpaired) electrons. The number of nitrogens with one attached hydrogen (secondary N) is 1. The van der Waals surface area contributed by atoms with Crippen LogP contribution in [0.1, 0.15) is 11.1 Å². The fourth-order valence-electron chi connectivity index (χ4n) is 1.85. The smallest absolute Gasteiger partial charge is 0.171 e. The van der Waals surface area contributed by atoms with Crippen molar-refractivity contribution in [3.8, 4) is 0 Å². The molecule has 0 spiro atoms. The molecule has 0 aliphatic heterocycles. The van der Waals surface area contributed by atoms with Gasteiger partial charge in [0.1, 0.15) is 11.7 Å². The van der Waals surface area contributed by atoms with Gasteiger partial charge in [0, 0.05) is 0 Å². The van der Waals surface area contributed by atoms with Crippen LogP contribution in [0.2, 0.25) is 0 Å². The molecular weight excluding hydrogens is 267 g/mol. The molecule has 4 N–H and O–H groups in total. The molecule has 0 amide bonds. The summed E-state index contributed by atoms with van der Waals surface area (Å²) in [5.41, 5.74) is 4.62. The molecule has 1 unspecified atom stereocenters. The average Bonchev–Trinajstić information content (AvgIpc) is 2.39. The summed E-state index contributed by atoms with van der Waals surface area (Å²) in [6.07, 6.45) is 0. The van der Waals surface area contributed by atoms with Crippen LogP contribution in [0.25, 0.3) is 0 Å². The van der Waals surface area contributed by atoms with Crippen LogP contribution >= 0.6 is 12.4 Å². The first-order valence-corrected chi connectivity index (χ1v) is 5.43. The second-order valence-electron chi connectivity index (χ2n) is 4.00. The number of aliphatic hydroxyl groups is 1. The number of halogens is 2. The predicted molar refractivity (Wildman–Crippen MR) is 75.0 cm³/mol. The van der Waals surface area contributed by atoms with Gasteiger partial charge >= 0.3 is 0 Å². The van der Waals surface area contributed by atoms with Gasteiger partial charge in [-0.3, -0.25) is 5.41 Å². The monoisotopic (exact) mass is 280 g/mol. The molecule has 0 aliphatic rings. The van der Waals surface area contributed by atoms with E-state index in [1.54, 1.807) is 30.3 Å². The maximum absolute atomic E-state index is 12.9. The third-order valence-electron chi connectivity index (χ3n) is 2.84. The van der Waals surface area contributed by atoms with Gasteiger partial charge in [-0.05, 0) is 23.3 Å². The normalized spacial score (nSPS) is 13.2. The van der Waals surface area contributed by atoms with Gasteiger partial charge in [-0.15, -0.1) is 12.4 Å². The fraction of sp³-hybridized carbons (Fsp3) is 0.0714. The van der Waals surface area contributed by atoms with Crippen molar-refractivity contribution < 1.29 is 9.50 Å². The summed E-state index contributed by atoms with van der Waals surface area (Å²) < 4.78 is 12.9. The average molecular weight is 281 g/mol. The third kappa shape index (κ3) is 2.75. The maximum Gasteiger partial charge on any atom is 0.171 e. The van der Waals surface area contributed by atoms with Gasteiger partial charge in [-0.2, -0.15) is 0 Å². The number of benzene rings is 2. The van der Waals surface area contributed by atoms with Crippen molar-refractivity contribution in [2.45, 2.75) is 5.60 Å². The van der Waals surface area contributed by atoms with Crippen LogP contribution in [0, 0.1) is 11.2 Å². The van der Waals surface area contributed by atoms with Gasteiger partial charge < -0.3 is 10.8 Å². The van der Waals surface area contributed by atoms with E-state index in [0.29, 0.717) is 11.1 Å². The van der Waals surface area contributed by atoms with Gasteiger partial charge in [0.15, 0.2) is 5.60 Å². The van der Waals surface area contributed by atoms with Crippen LogP contribution in [0.15, 0.2) is 54.6 Å². The molecule has 0 saturated carbocycles. The molecule has 2 rings (SSSR count). The Kier molecular flexibility index (Phi) is 4.64. The summed E-state index contributed by atoms with van der Waals surface area (Å²) in [7, 11) is 0. The lowest BCUT2D eigenvalue weighted by molar-refractivity contribution is 0.153. The first kappa shape index (κ1) is 15.1. The van der Waals surface area contributed by atoms with E-state index in [1.165, 1.54) is 24.3 Å². The van der Waals surface area contributed by atoms with Crippen molar-refractivity contribution in [1.29, 1.82) is 5.41 Å². The number of hydrogen-bond donors (Lipinski definition) is 3. The zero-order valence-corrected chi connectivity index (χ0v) is 10.8. The van der Waals surface area contributed by atoms with Crippen molar-refractivity contribution in [3.05, 3.63) is 71.5 Å². The first-order chi connectivity index (χ1) is 8.55. The Morgan fingerprint density at radius 3 is 1.95 bits per heavy atom. The Balaban J connectivity index is 0.00000180. The van der Waals surface area contributed by atoms with Crippen LogP contribution in [0.4, 0.5) is 4.39 Å². The summed E-state index contributed by atoms with van der Waals surface area (Å²) in [6, 6.07) is 13.9. The summed E-state index contributed by atoms with van der Waals surface area (Å²) in [4.78, 5) is 0. The minimum absolute atomic E-state index is 0. The van der Waals surface area contributed by atoms with Gasteiger partial charge in [-0.25, -0.2) is 4.39 Å². The highest BCUT2D eigenvalue weighted by Gasteiger charge is 2.35. The lowest BCUT2D eigenvalue weighted by Crippen LogP contribution is -2.41. The highest BCUT2D eigenvalue weighted by atomic mass is 35.5. The van der Waals surface area contributed by atoms with E-state index in [0.717, 1.165) is 0 Å². The molecule has 0 heterocycles. The minimum Gasteiger partial charge on any atom is -0.385 e. The SMILES string of the molecule is Cl.N=C(N)C(O)(c1ccccc1)c1ccc(F)cc1. The topological polar surface area (TPSA) is 70.1 Å². The van der Waals surface area contributed by atoms with Crippen LogP contribution < -0.4 is 5.73 Å². The molecule has 0 bridgehead atoms. The lowest BCUT2D eigenvalue weighted by Gasteiger charge is -2.27. The quantitative estimate of drug-likeness (QED) is 0.597. The highest BCUT2D eigenvalue weighted by molar-refractivity contribution is 5.90. The largest absolute Gasteiger partial charge is 0.385 e. The van der Waals surface area contributed by atoms with Gasteiger partial charge in [0.2, 0.25) is 0 Å². The zero-order chi connectivity index (χ0) is 13.2. The first-order valence-electron chi connectivity index (χ1n) is 5.43. The van der Waals surface area contributed by atoms with E-state index < -0.39 is 17.3 Å². The molecule has 5 heteroatoms. The van der Waals surface area contributed by atoms with Gasteiger partial charge in [0.25, 0.3) is 0 Å². The molecule has 1 atom stereocenters. The summed E-state index contributed by atoms with van der Waals surface area (Å²) in [5.74, 6) is -0.807. The van der Waals surface area contributed by atoms with E-state index in [-0.39, 0.29) is 12.4 Å². The minimum atomic E-state index is -1.73. The lowest BCUT2D eigenvalue weighted by atomic mass is 9.85. The van der Waals surface area contributed by atoms with E-state index in [9.17, 15) is 9.50 Å².